The molecule has 0 saturated heterocycles. The zero-order chi connectivity index (χ0) is 15.5. The van der Waals surface area contributed by atoms with Crippen LogP contribution in [-0.2, 0) is 6.18 Å². The first-order chi connectivity index (χ1) is 9.18. The number of nitrogens with two attached hydrogens (primary N) is 1. The highest BCUT2D eigenvalue weighted by molar-refractivity contribution is 7.80. The number of alkyl halides is 3. The van der Waals surface area contributed by atoms with Crippen molar-refractivity contribution in [2.75, 3.05) is 11.4 Å². The average molecular weight is 304 g/mol. The van der Waals surface area contributed by atoms with E-state index in [0.29, 0.717) is 12.2 Å². The summed E-state index contributed by atoms with van der Waals surface area (Å²) in [4.78, 5) is 1.69. The van der Waals surface area contributed by atoms with Gasteiger partial charge in [0.1, 0.15) is 4.99 Å². The van der Waals surface area contributed by atoms with Gasteiger partial charge in [0.2, 0.25) is 0 Å². The summed E-state index contributed by atoms with van der Waals surface area (Å²) >= 11 is 4.69. The first-order valence-electron chi connectivity index (χ1n) is 6.46. The van der Waals surface area contributed by atoms with E-state index in [2.05, 4.69) is 0 Å². The Labute approximate surface area is 122 Å². The van der Waals surface area contributed by atoms with Gasteiger partial charge in [-0.1, -0.05) is 19.1 Å². The Morgan fingerprint density at radius 3 is 2.35 bits per heavy atom. The summed E-state index contributed by atoms with van der Waals surface area (Å²) in [6, 6.07) is 4.24. The van der Waals surface area contributed by atoms with Crippen LogP contribution < -0.4 is 10.6 Å². The molecule has 0 aliphatic carbocycles. The van der Waals surface area contributed by atoms with Crippen LogP contribution in [0.25, 0.3) is 0 Å². The van der Waals surface area contributed by atoms with Crippen LogP contribution in [0.3, 0.4) is 0 Å². The maximum Gasteiger partial charge on any atom is 0.417 e. The molecule has 2 nitrogen and oxygen atoms in total. The Balaban J connectivity index is 3.34. The molecule has 0 atom stereocenters. The Kier molecular flexibility index (Phi) is 5.39. The molecule has 0 saturated carbocycles. The second kappa shape index (κ2) is 6.43. The minimum atomic E-state index is -4.47. The molecule has 0 spiro atoms. The van der Waals surface area contributed by atoms with Crippen LogP contribution in [0, 0.1) is 0 Å². The molecule has 0 amide bonds. The van der Waals surface area contributed by atoms with Gasteiger partial charge in [-0.25, -0.2) is 0 Å². The molecule has 1 rings (SSSR count). The monoisotopic (exact) mass is 304 g/mol. The smallest absolute Gasteiger partial charge is 0.389 e. The van der Waals surface area contributed by atoms with Crippen LogP contribution in [0.5, 0.6) is 0 Å². The normalized spacial score (nSPS) is 11.8. The second-order valence-corrected chi connectivity index (χ2v) is 5.32. The molecule has 0 bridgehead atoms. The SMILES string of the molecule is CCCN(c1ccc(C(N)=S)c(C(F)(F)F)c1)C(C)C. The van der Waals surface area contributed by atoms with E-state index in [0.717, 1.165) is 12.5 Å². The number of anilines is 1. The summed E-state index contributed by atoms with van der Waals surface area (Å²) in [5.41, 5.74) is 5.01. The number of hydrogen-bond donors (Lipinski definition) is 1. The molecule has 0 unspecified atom stereocenters. The van der Waals surface area contributed by atoms with E-state index in [1.165, 1.54) is 6.07 Å². The number of thiocarbonyl (C=S) groups is 1. The summed E-state index contributed by atoms with van der Waals surface area (Å²) in [5, 5.41) is 0. The van der Waals surface area contributed by atoms with Gasteiger partial charge in [0, 0.05) is 23.8 Å². The van der Waals surface area contributed by atoms with Crippen LogP contribution in [0.2, 0.25) is 0 Å². The molecule has 112 valence electrons. The van der Waals surface area contributed by atoms with Gasteiger partial charge < -0.3 is 10.6 Å². The minimum absolute atomic E-state index is 0.117. The zero-order valence-corrected chi connectivity index (χ0v) is 12.6. The fourth-order valence-corrected chi connectivity index (χ4v) is 2.26. The molecule has 0 radical (unpaired) electrons. The standard InChI is InChI=1S/C14H19F3N2S/c1-4-7-19(9(2)3)10-5-6-11(13(18)20)12(8-10)14(15,16)17/h5-6,8-9H,4,7H2,1-3H3,(H2,18,20). The Morgan fingerprint density at radius 1 is 1.35 bits per heavy atom. The molecule has 20 heavy (non-hydrogen) atoms. The lowest BCUT2D eigenvalue weighted by atomic mass is 10.0. The molecule has 6 heteroatoms. The van der Waals surface area contributed by atoms with Crippen molar-refractivity contribution < 1.29 is 13.2 Å². The second-order valence-electron chi connectivity index (χ2n) is 4.88. The Hall–Kier alpha value is -1.30. The molecule has 1 aromatic rings. The minimum Gasteiger partial charge on any atom is -0.389 e. The lowest BCUT2D eigenvalue weighted by Crippen LogP contribution is -2.32. The molecule has 0 heterocycles. The first kappa shape index (κ1) is 16.8. The lowest BCUT2D eigenvalue weighted by molar-refractivity contribution is -0.137. The van der Waals surface area contributed by atoms with Crippen molar-refractivity contribution in [1.82, 2.24) is 0 Å². The average Bonchev–Trinajstić information content (AvgIpc) is 2.33. The van der Waals surface area contributed by atoms with E-state index in [4.69, 9.17) is 18.0 Å². The molecule has 1 aromatic carbocycles. The quantitative estimate of drug-likeness (QED) is 0.835. The summed E-state index contributed by atoms with van der Waals surface area (Å²) in [6.45, 7) is 6.58. The van der Waals surface area contributed by atoms with Gasteiger partial charge in [0.25, 0.3) is 0 Å². The number of hydrogen-bond acceptors (Lipinski definition) is 2. The van der Waals surface area contributed by atoms with Crippen molar-refractivity contribution in [2.24, 2.45) is 5.73 Å². The van der Waals surface area contributed by atoms with Crippen LogP contribution in [0.4, 0.5) is 18.9 Å². The molecule has 0 aromatic heterocycles. The molecular formula is C14H19F3N2S. The van der Waals surface area contributed by atoms with Crippen molar-refractivity contribution in [1.29, 1.82) is 0 Å². The molecule has 0 aliphatic rings. The fraction of sp³-hybridized carbons (Fsp3) is 0.500. The van der Waals surface area contributed by atoms with E-state index < -0.39 is 11.7 Å². The fourth-order valence-electron chi connectivity index (χ4n) is 2.09. The van der Waals surface area contributed by atoms with Crippen molar-refractivity contribution >= 4 is 22.9 Å². The third kappa shape index (κ3) is 3.85. The lowest BCUT2D eigenvalue weighted by Gasteiger charge is -2.29. The highest BCUT2D eigenvalue weighted by Gasteiger charge is 2.34. The maximum atomic E-state index is 13.1. The first-order valence-corrected chi connectivity index (χ1v) is 6.87. The number of rotatable bonds is 5. The zero-order valence-electron chi connectivity index (χ0n) is 11.8. The van der Waals surface area contributed by atoms with Gasteiger partial charge in [-0.15, -0.1) is 0 Å². The van der Waals surface area contributed by atoms with E-state index in [1.807, 2.05) is 25.7 Å². The Morgan fingerprint density at radius 2 is 1.95 bits per heavy atom. The van der Waals surface area contributed by atoms with E-state index in [9.17, 15) is 13.2 Å². The molecule has 2 N–H and O–H groups in total. The predicted molar refractivity (Wildman–Crippen MR) is 80.1 cm³/mol. The van der Waals surface area contributed by atoms with Gasteiger partial charge in [0.05, 0.1) is 5.56 Å². The third-order valence-electron chi connectivity index (χ3n) is 2.99. The number of nitrogens with zero attached hydrogens (tertiary/aromatic N) is 1. The van der Waals surface area contributed by atoms with Crippen LogP contribution >= 0.6 is 12.2 Å². The third-order valence-corrected chi connectivity index (χ3v) is 3.21. The molecule has 0 fully saturated rings. The van der Waals surface area contributed by atoms with Crippen LogP contribution in [0.15, 0.2) is 18.2 Å². The largest absolute Gasteiger partial charge is 0.417 e. The topological polar surface area (TPSA) is 29.3 Å². The van der Waals surface area contributed by atoms with Gasteiger partial charge in [0.15, 0.2) is 0 Å². The van der Waals surface area contributed by atoms with Crippen molar-refractivity contribution in [3.63, 3.8) is 0 Å². The van der Waals surface area contributed by atoms with E-state index >= 15 is 0 Å². The van der Waals surface area contributed by atoms with Crippen molar-refractivity contribution in [3.05, 3.63) is 29.3 Å². The maximum absolute atomic E-state index is 13.1. The van der Waals surface area contributed by atoms with Gasteiger partial charge in [-0.3, -0.25) is 0 Å². The summed E-state index contributed by atoms with van der Waals surface area (Å²) in [7, 11) is 0. The van der Waals surface area contributed by atoms with Gasteiger partial charge in [-0.2, -0.15) is 13.2 Å². The van der Waals surface area contributed by atoms with Gasteiger partial charge in [-0.05, 0) is 38.5 Å². The van der Waals surface area contributed by atoms with Gasteiger partial charge >= 0.3 is 6.18 Å². The van der Waals surface area contributed by atoms with E-state index in [1.54, 1.807) is 6.07 Å². The summed E-state index contributed by atoms with van der Waals surface area (Å²) in [5.74, 6) is 0. The van der Waals surface area contributed by atoms with E-state index in [-0.39, 0.29) is 16.6 Å². The Bertz CT molecular complexity index is 484. The number of halogens is 3. The molecular weight excluding hydrogens is 285 g/mol. The molecule has 0 aliphatic heterocycles. The number of benzene rings is 1. The van der Waals surface area contributed by atoms with Crippen LogP contribution in [0.1, 0.15) is 38.3 Å². The van der Waals surface area contributed by atoms with Crippen LogP contribution in [-0.4, -0.2) is 17.6 Å². The van der Waals surface area contributed by atoms with Crippen molar-refractivity contribution in [2.45, 2.75) is 39.4 Å². The predicted octanol–water partition coefficient (Wildman–Crippen LogP) is 3.96. The summed E-state index contributed by atoms with van der Waals surface area (Å²) in [6.07, 6.45) is -3.61. The highest BCUT2D eigenvalue weighted by atomic mass is 32.1. The van der Waals surface area contributed by atoms with Crippen molar-refractivity contribution in [3.8, 4) is 0 Å². The highest BCUT2D eigenvalue weighted by Crippen LogP contribution is 2.35. The summed E-state index contributed by atoms with van der Waals surface area (Å²) < 4.78 is 39.3.